The standard InChI is InChI=1S/C13H13Cl2FN2/c1-7-4-11(7)18-12-6-9(16)8(15)5-10(12)17-13(18)2-3-14/h5-7,11H,2-4H2,1H3. The quantitative estimate of drug-likeness (QED) is 0.774. The van der Waals surface area contributed by atoms with Crippen LogP contribution in [-0.2, 0) is 6.42 Å². The molecule has 0 N–H and O–H groups in total. The Kier molecular flexibility index (Phi) is 2.99. The average Bonchev–Trinajstić information content (AvgIpc) is 2.92. The van der Waals surface area contributed by atoms with Crippen LogP contribution in [0.3, 0.4) is 0 Å². The van der Waals surface area contributed by atoms with Crippen molar-refractivity contribution in [3.8, 4) is 0 Å². The molecule has 0 amide bonds. The summed E-state index contributed by atoms with van der Waals surface area (Å²) in [5.74, 6) is 1.67. The Bertz CT molecular complexity index is 609. The molecule has 0 radical (unpaired) electrons. The second-order valence-corrected chi connectivity index (χ2v) is 5.66. The number of alkyl halides is 1. The number of hydrogen-bond acceptors (Lipinski definition) is 1. The van der Waals surface area contributed by atoms with Gasteiger partial charge < -0.3 is 4.57 Å². The highest BCUT2D eigenvalue weighted by atomic mass is 35.5. The molecule has 3 rings (SSSR count). The molecule has 1 fully saturated rings. The van der Waals surface area contributed by atoms with Gasteiger partial charge in [-0.05, 0) is 18.4 Å². The van der Waals surface area contributed by atoms with Crippen molar-refractivity contribution in [1.82, 2.24) is 9.55 Å². The predicted molar refractivity (Wildman–Crippen MR) is 71.9 cm³/mol. The molecule has 2 unspecified atom stereocenters. The first kappa shape index (κ1) is 12.2. The van der Waals surface area contributed by atoms with Crippen molar-refractivity contribution in [2.75, 3.05) is 5.88 Å². The van der Waals surface area contributed by atoms with Crippen molar-refractivity contribution < 1.29 is 4.39 Å². The minimum absolute atomic E-state index is 0.119. The molecular weight excluding hydrogens is 274 g/mol. The summed E-state index contributed by atoms with van der Waals surface area (Å²) >= 11 is 11.6. The van der Waals surface area contributed by atoms with Crippen LogP contribution in [0.5, 0.6) is 0 Å². The Hall–Kier alpha value is -0.800. The van der Waals surface area contributed by atoms with Crippen LogP contribution >= 0.6 is 23.2 Å². The third kappa shape index (κ3) is 1.90. The van der Waals surface area contributed by atoms with Gasteiger partial charge in [-0.2, -0.15) is 0 Å². The summed E-state index contributed by atoms with van der Waals surface area (Å²) < 4.78 is 15.7. The highest BCUT2D eigenvalue weighted by molar-refractivity contribution is 6.31. The molecule has 0 spiro atoms. The normalized spacial score (nSPS) is 22.7. The predicted octanol–water partition coefficient (Wildman–Crippen LogP) is 4.19. The van der Waals surface area contributed by atoms with E-state index in [-0.39, 0.29) is 5.02 Å². The summed E-state index contributed by atoms with van der Waals surface area (Å²) in [6.45, 7) is 2.19. The number of rotatable bonds is 3. The van der Waals surface area contributed by atoms with Crippen LogP contribution in [0.25, 0.3) is 11.0 Å². The monoisotopic (exact) mass is 286 g/mol. The second-order valence-electron chi connectivity index (χ2n) is 4.87. The zero-order chi connectivity index (χ0) is 12.9. The molecule has 5 heteroatoms. The maximum absolute atomic E-state index is 13.6. The fourth-order valence-corrected chi connectivity index (χ4v) is 2.76. The summed E-state index contributed by atoms with van der Waals surface area (Å²) in [7, 11) is 0. The number of aryl methyl sites for hydroxylation is 1. The van der Waals surface area contributed by atoms with Crippen molar-refractivity contribution in [3.05, 3.63) is 28.8 Å². The van der Waals surface area contributed by atoms with Gasteiger partial charge in [-0.15, -0.1) is 11.6 Å². The largest absolute Gasteiger partial charge is 0.324 e. The van der Waals surface area contributed by atoms with Crippen LogP contribution in [0, 0.1) is 11.7 Å². The van der Waals surface area contributed by atoms with Crippen molar-refractivity contribution in [2.24, 2.45) is 5.92 Å². The van der Waals surface area contributed by atoms with Crippen molar-refractivity contribution in [1.29, 1.82) is 0 Å². The number of halogens is 3. The SMILES string of the molecule is CC1CC1n1c(CCCl)nc2cc(Cl)c(F)cc21. The highest BCUT2D eigenvalue weighted by Gasteiger charge is 2.36. The van der Waals surface area contributed by atoms with Crippen molar-refractivity contribution in [2.45, 2.75) is 25.8 Å². The molecule has 18 heavy (non-hydrogen) atoms. The Morgan fingerprint density at radius 1 is 1.50 bits per heavy atom. The number of imidazole rings is 1. The van der Waals surface area contributed by atoms with E-state index >= 15 is 0 Å². The number of aromatic nitrogens is 2. The molecule has 2 nitrogen and oxygen atoms in total. The van der Waals surface area contributed by atoms with Gasteiger partial charge in [-0.3, -0.25) is 0 Å². The van der Waals surface area contributed by atoms with Crippen LogP contribution in [0.1, 0.15) is 25.2 Å². The Morgan fingerprint density at radius 3 is 2.83 bits per heavy atom. The van der Waals surface area contributed by atoms with Gasteiger partial charge >= 0.3 is 0 Å². The number of benzene rings is 1. The number of hydrogen-bond donors (Lipinski definition) is 0. The summed E-state index contributed by atoms with van der Waals surface area (Å²) in [4.78, 5) is 4.53. The van der Waals surface area contributed by atoms with Gasteiger partial charge in [0.05, 0.1) is 16.1 Å². The number of nitrogens with zero attached hydrogens (tertiary/aromatic N) is 2. The van der Waals surface area contributed by atoms with Gasteiger partial charge in [0, 0.05) is 24.4 Å². The van der Waals surface area contributed by atoms with Crippen LogP contribution in [-0.4, -0.2) is 15.4 Å². The fraction of sp³-hybridized carbons (Fsp3) is 0.462. The molecule has 0 saturated heterocycles. The van der Waals surface area contributed by atoms with Crippen LogP contribution in [0.2, 0.25) is 5.02 Å². The first-order chi connectivity index (χ1) is 8.61. The molecule has 1 aliphatic carbocycles. The van der Waals surface area contributed by atoms with Crippen LogP contribution in [0.4, 0.5) is 4.39 Å². The van der Waals surface area contributed by atoms with Gasteiger partial charge in [-0.25, -0.2) is 9.37 Å². The Labute approximate surface area is 115 Å². The maximum Gasteiger partial charge on any atom is 0.144 e. The van der Waals surface area contributed by atoms with Gasteiger partial charge in [0.1, 0.15) is 11.6 Å². The lowest BCUT2D eigenvalue weighted by atomic mass is 10.3. The minimum atomic E-state index is -0.393. The molecular formula is C13H13Cl2FN2. The van der Waals surface area contributed by atoms with E-state index in [1.165, 1.54) is 6.07 Å². The summed E-state index contributed by atoms with van der Waals surface area (Å²) in [6.07, 6.45) is 1.81. The van der Waals surface area contributed by atoms with Gasteiger partial charge in [0.15, 0.2) is 0 Å². The van der Waals surface area contributed by atoms with E-state index in [2.05, 4.69) is 16.5 Å². The lowest BCUT2D eigenvalue weighted by molar-refractivity contribution is 0.625. The van der Waals surface area contributed by atoms with Crippen molar-refractivity contribution >= 4 is 34.2 Å². The molecule has 1 aromatic heterocycles. The van der Waals surface area contributed by atoms with E-state index < -0.39 is 5.82 Å². The van der Waals surface area contributed by atoms with E-state index in [1.54, 1.807) is 6.07 Å². The topological polar surface area (TPSA) is 17.8 Å². The molecule has 0 aliphatic heterocycles. The van der Waals surface area contributed by atoms with Gasteiger partial charge in [0.2, 0.25) is 0 Å². The zero-order valence-electron chi connectivity index (χ0n) is 9.96. The summed E-state index contributed by atoms with van der Waals surface area (Å²) in [5, 5.41) is 0.119. The zero-order valence-corrected chi connectivity index (χ0v) is 11.5. The molecule has 0 bridgehead atoms. The third-order valence-corrected chi connectivity index (χ3v) is 4.00. The van der Waals surface area contributed by atoms with E-state index in [0.717, 1.165) is 23.3 Å². The highest BCUT2D eigenvalue weighted by Crippen LogP contribution is 2.45. The molecule has 1 heterocycles. The molecule has 1 aliphatic rings. The molecule has 2 atom stereocenters. The third-order valence-electron chi connectivity index (χ3n) is 3.52. The average molecular weight is 287 g/mol. The fourth-order valence-electron chi connectivity index (χ4n) is 2.43. The first-order valence-corrected chi connectivity index (χ1v) is 6.95. The smallest absolute Gasteiger partial charge is 0.144 e. The molecule has 96 valence electrons. The molecule has 2 aromatic rings. The van der Waals surface area contributed by atoms with Crippen molar-refractivity contribution in [3.63, 3.8) is 0 Å². The van der Waals surface area contributed by atoms with Gasteiger partial charge in [-0.1, -0.05) is 18.5 Å². The second kappa shape index (κ2) is 4.39. The summed E-state index contributed by atoms with van der Waals surface area (Å²) in [5.41, 5.74) is 1.58. The maximum atomic E-state index is 13.6. The lowest BCUT2D eigenvalue weighted by Crippen LogP contribution is -2.03. The van der Waals surface area contributed by atoms with Gasteiger partial charge in [0.25, 0.3) is 0 Å². The molecule has 1 aromatic carbocycles. The van der Waals surface area contributed by atoms with E-state index in [9.17, 15) is 4.39 Å². The van der Waals surface area contributed by atoms with E-state index in [0.29, 0.717) is 24.3 Å². The van der Waals surface area contributed by atoms with Crippen LogP contribution in [0.15, 0.2) is 12.1 Å². The summed E-state index contributed by atoms with van der Waals surface area (Å²) in [6, 6.07) is 3.50. The first-order valence-electron chi connectivity index (χ1n) is 6.03. The Balaban J connectivity index is 2.21. The minimum Gasteiger partial charge on any atom is -0.324 e. The molecule has 1 saturated carbocycles. The number of fused-ring (bicyclic) bond motifs is 1. The van der Waals surface area contributed by atoms with E-state index in [1.807, 2.05) is 0 Å². The van der Waals surface area contributed by atoms with E-state index in [4.69, 9.17) is 23.2 Å². The Morgan fingerprint density at radius 2 is 2.22 bits per heavy atom. The lowest BCUT2D eigenvalue weighted by Gasteiger charge is -2.07. The van der Waals surface area contributed by atoms with Crippen LogP contribution < -0.4 is 0 Å².